The molecule has 2 aromatic carbocycles. The lowest BCUT2D eigenvalue weighted by molar-refractivity contribution is -0.137. The van der Waals surface area contributed by atoms with Gasteiger partial charge in [-0.15, -0.1) is 0 Å². The molecule has 0 amide bonds. The van der Waals surface area contributed by atoms with Crippen LogP contribution in [0.5, 0.6) is 5.75 Å². The first kappa shape index (κ1) is 29.2. The molecule has 0 aromatic heterocycles. The standard InChI is InChI=1S/C33H35BrFNO5/c1-32(2)14-23-30(25(37)16-32)29(31-24(36(23)12-11-28(39)40)15-33(3,4)17-26(31)38)21-13-20(34)9-10-27(21)41-18-19-7-5-6-8-22(19)35/h5-10,13,29H,11-12,14-18H2,1-4H3,(H,39,40). The molecule has 2 aromatic rings. The van der Waals surface area contributed by atoms with Gasteiger partial charge in [0.05, 0.1) is 6.42 Å². The predicted octanol–water partition coefficient (Wildman–Crippen LogP) is 7.33. The summed E-state index contributed by atoms with van der Waals surface area (Å²) < 4.78 is 21.4. The molecule has 8 heteroatoms. The number of rotatable bonds is 7. The Morgan fingerprint density at radius 2 is 1.56 bits per heavy atom. The van der Waals surface area contributed by atoms with Crippen molar-refractivity contribution in [3.05, 3.63) is 86.4 Å². The number of Topliss-reactive ketones (excluding diaryl/α,β-unsaturated/α-hetero) is 2. The Labute approximate surface area is 248 Å². The number of nitrogens with zero attached hydrogens (tertiary/aromatic N) is 1. The summed E-state index contributed by atoms with van der Waals surface area (Å²) in [5.41, 5.74) is 3.07. The van der Waals surface area contributed by atoms with Crippen LogP contribution in [-0.2, 0) is 21.0 Å². The summed E-state index contributed by atoms with van der Waals surface area (Å²) in [6.07, 6.45) is 1.67. The van der Waals surface area contributed by atoms with Crippen molar-refractivity contribution in [2.75, 3.05) is 6.54 Å². The Hall–Kier alpha value is -3.26. The van der Waals surface area contributed by atoms with Crippen molar-refractivity contribution in [1.82, 2.24) is 4.90 Å². The molecular weight excluding hydrogens is 589 g/mol. The van der Waals surface area contributed by atoms with Gasteiger partial charge < -0.3 is 14.7 Å². The number of benzene rings is 2. The van der Waals surface area contributed by atoms with Crippen LogP contribution >= 0.6 is 15.9 Å². The van der Waals surface area contributed by atoms with Crippen molar-refractivity contribution in [2.24, 2.45) is 10.8 Å². The van der Waals surface area contributed by atoms with Crippen LogP contribution in [0.1, 0.15) is 76.8 Å². The number of carbonyl (C=O) groups is 3. The molecule has 1 aliphatic heterocycles. The second-order valence-electron chi connectivity index (χ2n) is 12.9. The molecule has 0 fully saturated rings. The lowest BCUT2D eigenvalue weighted by Gasteiger charge is -2.49. The van der Waals surface area contributed by atoms with E-state index in [-0.39, 0.29) is 47.8 Å². The normalized spacial score (nSPS) is 20.2. The summed E-state index contributed by atoms with van der Waals surface area (Å²) in [6, 6.07) is 11.9. The minimum absolute atomic E-state index is 0.0154. The highest BCUT2D eigenvalue weighted by molar-refractivity contribution is 9.10. The number of carboxylic acids is 1. The van der Waals surface area contributed by atoms with Crippen LogP contribution < -0.4 is 4.74 Å². The van der Waals surface area contributed by atoms with Gasteiger partial charge in [0.2, 0.25) is 0 Å². The average molecular weight is 625 g/mol. The third-order valence-corrected chi connectivity index (χ3v) is 8.69. The van der Waals surface area contributed by atoms with Crippen LogP contribution in [0.2, 0.25) is 0 Å². The maximum Gasteiger partial charge on any atom is 0.305 e. The van der Waals surface area contributed by atoms with E-state index in [9.17, 15) is 23.9 Å². The fraction of sp³-hybridized carbons (Fsp3) is 0.424. The van der Waals surface area contributed by atoms with Crippen molar-refractivity contribution in [2.45, 2.75) is 72.3 Å². The van der Waals surface area contributed by atoms with Crippen LogP contribution in [-0.4, -0.2) is 34.1 Å². The number of carbonyl (C=O) groups excluding carboxylic acids is 2. The number of halogens is 2. The van der Waals surface area contributed by atoms with Crippen LogP contribution in [0.15, 0.2) is 69.5 Å². The number of hydrogen-bond donors (Lipinski definition) is 1. The van der Waals surface area contributed by atoms with E-state index in [0.29, 0.717) is 53.7 Å². The molecule has 2 aliphatic carbocycles. The SMILES string of the molecule is CC1(C)CC(=O)C2=C(C1)N(CCC(=O)O)C1=C(C(=O)CC(C)(C)C1)C2c1cc(Br)ccc1OCc1ccccc1F. The van der Waals surface area contributed by atoms with E-state index in [0.717, 1.165) is 15.9 Å². The largest absolute Gasteiger partial charge is 0.488 e. The molecular formula is C33H35BrFNO5. The lowest BCUT2D eigenvalue weighted by atomic mass is 9.63. The zero-order valence-electron chi connectivity index (χ0n) is 23.9. The summed E-state index contributed by atoms with van der Waals surface area (Å²) in [5.74, 6) is -1.61. The van der Waals surface area contributed by atoms with Gasteiger partial charge in [-0.25, -0.2) is 4.39 Å². The zero-order valence-corrected chi connectivity index (χ0v) is 25.4. The number of aliphatic carboxylic acids is 1. The van der Waals surface area contributed by atoms with Gasteiger partial charge in [-0.05, 0) is 47.9 Å². The molecule has 216 valence electrons. The van der Waals surface area contributed by atoms with Crippen molar-refractivity contribution < 1.29 is 28.6 Å². The second-order valence-corrected chi connectivity index (χ2v) is 13.8. The molecule has 0 spiro atoms. The number of ether oxygens (including phenoxy) is 1. The Balaban J connectivity index is 1.71. The molecule has 1 heterocycles. The highest BCUT2D eigenvalue weighted by Crippen LogP contribution is 2.55. The quantitative estimate of drug-likeness (QED) is 0.348. The number of ketones is 2. The molecule has 5 rings (SSSR count). The average Bonchev–Trinajstić information content (AvgIpc) is 2.85. The Kier molecular flexibility index (Phi) is 7.74. The Bertz CT molecular complexity index is 1450. The first-order valence-corrected chi connectivity index (χ1v) is 14.7. The number of hydrogen-bond acceptors (Lipinski definition) is 5. The third-order valence-electron chi connectivity index (χ3n) is 8.19. The first-order valence-electron chi connectivity index (χ1n) is 13.9. The van der Waals surface area contributed by atoms with E-state index < -0.39 is 11.9 Å². The fourth-order valence-electron chi connectivity index (χ4n) is 6.48. The highest BCUT2D eigenvalue weighted by atomic mass is 79.9. The molecule has 0 unspecified atom stereocenters. The van der Waals surface area contributed by atoms with E-state index in [1.165, 1.54) is 6.07 Å². The van der Waals surface area contributed by atoms with E-state index in [1.54, 1.807) is 24.3 Å². The molecule has 1 N–H and O–H groups in total. The Morgan fingerprint density at radius 3 is 2.12 bits per heavy atom. The number of carboxylic acid groups (broad SMARTS) is 1. The van der Waals surface area contributed by atoms with Crippen molar-refractivity contribution in [3.8, 4) is 5.75 Å². The first-order chi connectivity index (χ1) is 19.3. The Morgan fingerprint density at radius 1 is 0.976 bits per heavy atom. The maximum absolute atomic E-state index is 14.4. The molecule has 0 radical (unpaired) electrons. The van der Waals surface area contributed by atoms with Gasteiger partial charge in [0, 0.05) is 63.4 Å². The summed E-state index contributed by atoms with van der Waals surface area (Å²) in [6.45, 7) is 8.34. The van der Waals surface area contributed by atoms with E-state index in [1.807, 2.05) is 44.7 Å². The molecule has 6 nitrogen and oxygen atoms in total. The van der Waals surface area contributed by atoms with Crippen LogP contribution in [0.4, 0.5) is 4.39 Å². The van der Waals surface area contributed by atoms with Gasteiger partial charge in [0.15, 0.2) is 11.6 Å². The van der Waals surface area contributed by atoms with Gasteiger partial charge in [-0.3, -0.25) is 14.4 Å². The van der Waals surface area contributed by atoms with Gasteiger partial charge in [0.1, 0.15) is 18.2 Å². The maximum atomic E-state index is 14.4. The monoisotopic (exact) mass is 623 g/mol. The lowest BCUT2D eigenvalue weighted by Crippen LogP contribution is -2.45. The van der Waals surface area contributed by atoms with Gasteiger partial charge in [-0.1, -0.05) is 61.8 Å². The summed E-state index contributed by atoms with van der Waals surface area (Å²) >= 11 is 3.57. The van der Waals surface area contributed by atoms with E-state index in [2.05, 4.69) is 15.9 Å². The van der Waals surface area contributed by atoms with Gasteiger partial charge in [-0.2, -0.15) is 0 Å². The summed E-state index contributed by atoms with van der Waals surface area (Å²) in [5, 5.41) is 9.57. The summed E-state index contributed by atoms with van der Waals surface area (Å²) in [7, 11) is 0. The van der Waals surface area contributed by atoms with Crippen LogP contribution in [0.25, 0.3) is 0 Å². The van der Waals surface area contributed by atoms with Crippen LogP contribution in [0, 0.1) is 16.6 Å². The predicted molar refractivity (Wildman–Crippen MR) is 157 cm³/mol. The second kappa shape index (κ2) is 10.9. The van der Waals surface area contributed by atoms with Crippen molar-refractivity contribution >= 4 is 33.5 Å². The minimum Gasteiger partial charge on any atom is -0.488 e. The van der Waals surface area contributed by atoms with E-state index >= 15 is 0 Å². The molecule has 41 heavy (non-hydrogen) atoms. The van der Waals surface area contributed by atoms with E-state index in [4.69, 9.17) is 4.74 Å². The zero-order chi connectivity index (χ0) is 29.7. The topological polar surface area (TPSA) is 83.9 Å². The molecule has 0 saturated heterocycles. The van der Waals surface area contributed by atoms with Gasteiger partial charge >= 0.3 is 5.97 Å². The number of allylic oxidation sites excluding steroid dienone is 4. The fourth-order valence-corrected chi connectivity index (χ4v) is 6.86. The highest BCUT2D eigenvalue weighted by Gasteiger charge is 2.49. The summed E-state index contributed by atoms with van der Waals surface area (Å²) in [4.78, 5) is 41.7. The molecule has 0 saturated carbocycles. The van der Waals surface area contributed by atoms with Crippen molar-refractivity contribution in [1.29, 1.82) is 0 Å². The molecule has 0 bridgehead atoms. The third kappa shape index (κ3) is 5.89. The van der Waals surface area contributed by atoms with Crippen molar-refractivity contribution in [3.63, 3.8) is 0 Å². The smallest absolute Gasteiger partial charge is 0.305 e. The van der Waals surface area contributed by atoms with Crippen LogP contribution in [0.3, 0.4) is 0 Å². The molecule has 0 atom stereocenters. The van der Waals surface area contributed by atoms with Gasteiger partial charge in [0.25, 0.3) is 0 Å². The minimum atomic E-state index is -0.935. The molecule has 3 aliphatic rings.